The smallest absolute Gasteiger partial charge is 0.312 e. The highest BCUT2D eigenvalue weighted by atomic mass is 16.5. The molecule has 0 aliphatic carbocycles. The molecule has 2 heterocycles. The summed E-state index contributed by atoms with van der Waals surface area (Å²) in [6, 6.07) is 12.4. The van der Waals surface area contributed by atoms with Gasteiger partial charge in [0.05, 0.1) is 13.2 Å². The van der Waals surface area contributed by atoms with Gasteiger partial charge < -0.3 is 15.0 Å². The molecule has 1 atom stereocenters. The predicted octanol–water partition coefficient (Wildman–Crippen LogP) is 0.991. The Bertz CT molecular complexity index is 836. The van der Waals surface area contributed by atoms with Crippen molar-refractivity contribution in [3.63, 3.8) is 0 Å². The van der Waals surface area contributed by atoms with E-state index in [0.29, 0.717) is 13.1 Å². The summed E-state index contributed by atoms with van der Waals surface area (Å²) in [6.07, 6.45) is 0. The summed E-state index contributed by atoms with van der Waals surface area (Å²) in [6.45, 7) is 3.49. The molecule has 25 heavy (non-hydrogen) atoms. The van der Waals surface area contributed by atoms with Crippen LogP contribution in [0.3, 0.4) is 0 Å². The van der Waals surface area contributed by atoms with Crippen molar-refractivity contribution in [2.24, 2.45) is 0 Å². The fourth-order valence-corrected chi connectivity index (χ4v) is 3.81. The molecule has 0 saturated carbocycles. The topological polar surface area (TPSA) is 61.9 Å². The minimum atomic E-state index is -0.481. The van der Waals surface area contributed by atoms with Gasteiger partial charge in [-0.05, 0) is 17.0 Å². The Morgan fingerprint density at radius 3 is 2.72 bits per heavy atom. The first-order valence-electron chi connectivity index (χ1n) is 8.53. The second-order valence-corrected chi connectivity index (χ2v) is 6.57. The van der Waals surface area contributed by atoms with Crippen LogP contribution in [0, 0.1) is 0 Å². The number of ether oxygens (including phenoxy) is 1. The van der Waals surface area contributed by atoms with E-state index in [-0.39, 0.29) is 6.04 Å². The molecule has 0 unspecified atom stereocenters. The van der Waals surface area contributed by atoms with Gasteiger partial charge in [-0.3, -0.25) is 14.5 Å². The minimum Gasteiger partial charge on any atom is -0.496 e. The predicted molar refractivity (Wildman–Crippen MR) is 94.3 cm³/mol. The molecule has 2 saturated heterocycles. The molecule has 2 aliphatic heterocycles. The summed E-state index contributed by atoms with van der Waals surface area (Å²) in [5.74, 6) is 0.00130. The van der Waals surface area contributed by atoms with Crippen molar-refractivity contribution < 1.29 is 14.3 Å². The van der Waals surface area contributed by atoms with Crippen molar-refractivity contribution in [1.82, 2.24) is 15.1 Å². The SMILES string of the molecule is COc1ccc(CN2CCN3C(=O)C(=O)NC[C@@H]3C2)c2ccccc12. The molecule has 2 amide bonds. The highest BCUT2D eigenvalue weighted by Crippen LogP contribution is 2.29. The fourth-order valence-electron chi connectivity index (χ4n) is 3.81. The summed E-state index contributed by atoms with van der Waals surface area (Å²) in [5.41, 5.74) is 1.25. The third-order valence-electron chi connectivity index (χ3n) is 5.11. The number of carbonyl (C=O) groups excluding carboxylic acids is 2. The van der Waals surface area contributed by atoms with E-state index in [1.165, 1.54) is 10.9 Å². The summed E-state index contributed by atoms with van der Waals surface area (Å²) in [5, 5.41) is 4.99. The van der Waals surface area contributed by atoms with E-state index in [0.717, 1.165) is 30.8 Å². The summed E-state index contributed by atoms with van der Waals surface area (Å²) in [7, 11) is 1.69. The zero-order valence-corrected chi connectivity index (χ0v) is 14.2. The molecule has 6 nitrogen and oxygen atoms in total. The zero-order chi connectivity index (χ0) is 17.4. The number of rotatable bonds is 3. The second-order valence-electron chi connectivity index (χ2n) is 6.57. The van der Waals surface area contributed by atoms with E-state index in [1.807, 2.05) is 18.2 Å². The Balaban J connectivity index is 1.55. The fraction of sp³-hybridized carbons (Fsp3) is 0.368. The van der Waals surface area contributed by atoms with Gasteiger partial charge in [0.15, 0.2) is 0 Å². The molecule has 0 bridgehead atoms. The third kappa shape index (κ3) is 2.82. The Hall–Kier alpha value is -2.60. The van der Waals surface area contributed by atoms with Gasteiger partial charge in [0.1, 0.15) is 5.75 Å². The number of amides is 2. The number of nitrogens with one attached hydrogen (secondary N) is 1. The van der Waals surface area contributed by atoms with Crippen LogP contribution in [-0.2, 0) is 16.1 Å². The Morgan fingerprint density at radius 1 is 1.12 bits per heavy atom. The zero-order valence-electron chi connectivity index (χ0n) is 14.2. The standard InChI is InChI=1S/C19H21N3O3/c1-25-17-7-6-13(15-4-2-3-5-16(15)17)11-21-8-9-22-14(12-21)10-20-18(23)19(22)24/h2-7,14H,8-12H2,1H3,(H,20,23)/t14-/m1/s1. The number of benzene rings is 2. The molecule has 0 radical (unpaired) electrons. The van der Waals surface area contributed by atoms with Crippen LogP contribution in [0.2, 0.25) is 0 Å². The van der Waals surface area contributed by atoms with Crippen molar-refractivity contribution in [2.75, 3.05) is 33.3 Å². The van der Waals surface area contributed by atoms with Crippen LogP contribution in [0.5, 0.6) is 5.75 Å². The van der Waals surface area contributed by atoms with E-state index in [4.69, 9.17) is 4.74 Å². The van der Waals surface area contributed by atoms with E-state index >= 15 is 0 Å². The summed E-state index contributed by atoms with van der Waals surface area (Å²) in [4.78, 5) is 27.5. The lowest BCUT2D eigenvalue weighted by molar-refractivity contribution is -0.152. The number of hydrogen-bond donors (Lipinski definition) is 1. The molecular weight excluding hydrogens is 318 g/mol. The van der Waals surface area contributed by atoms with Crippen LogP contribution in [0.1, 0.15) is 5.56 Å². The summed E-state index contributed by atoms with van der Waals surface area (Å²) < 4.78 is 5.47. The van der Waals surface area contributed by atoms with Crippen LogP contribution in [-0.4, -0.2) is 60.9 Å². The molecule has 0 aromatic heterocycles. The van der Waals surface area contributed by atoms with E-state index < -0.39 is 11.8 Å². The Labute approximate surface area is 146 Å². The average molecular weight is 339 g/mol. The number of hydrogen-bond acceptors (Lipinski definition) is 4. The minimum absolute atomic E-state index is 0.0588. The summed E-state index contributed by atoms with van der Waals surface area (Å²) >= 11 is 0. The monoisotopic (exact) mass is 339 g/mol. The third-order valence-corrected chi connectivity index (χ3v) is 5.11. The first-order chi connectivity index (χ1) is 12.2. The van der Waals surface area contributed by atoms with Gasteiger partial charge in [0.25, 0.3) is 0 Å². The molecule has 2 fully saturated rings. The molecule has 1 N–H and O–H groups in total. The normalized spacial score (nSPS) is 21.2. The molecule has 6 heteroatoms. The van der Waals surface area contributed by atoms with Crippen LogP contribution < -0.4 is 10.1 Å². The average Bonchev–Trinajstić information content (AvgIpc) is 2.65. The van der Waals surface area contributed by atoms with Crippen molar-refractivity contribution in [3.05, 3.63) is 42.0 Å². The Kier molecular flexibility index (Phi) is 4.05. The molecule has 0 spiro atoms. The molecule has 2 aromatic carbocycles. The molecule has 130 valence electrons. The highest BCUT2D eigenvalue weighted by Gasteiger charge is 2.37. The number of methoxy groups -OCH3 is 1. The van der Waals surface area contributed by atoms with Gasteiger partial charge in [0, 0.05) is 38.1 Å². The van der Waals surface area contributed by atoms with Gasteiger partial charge in [-0.15, -0.1) is 0 Å². The first-order valence-corrected chi connectivity index (χ1v) is 8.53. The first kappa shape index (κ1) is 15.9. The Morgan fingerprint density at radius 2 is 1.92 bits per heavy atom. The lowest BCUT2D eigenvalue weighted by Gasteiger charge is -2.43. The maximum atomic E-state index is 12.0. The van der Waals surface area contributed by atoms with E-state index in [2.05, 4.69) is 28.4 Å². The maximum Gasteiger partial charge on any atom is 0.312 e. The van der Waals surface area contributed by atoms with Crippen LogP contribution >= 0.6 is 0 Å². The highest BCUT2D eigenvalue weighted by molar-refractivity contribution is 6.35. The van der Waals surface area contributed by atoms with Crippen molar-refractivity contribution in [3.8, 4) is 5.75 Å². The van der Waals surface area contributed by atoms with Crippen LogP contribution in [0.25, 0.3) is 10.8 Å². The number of nitrogens with zero attached hydrogens (tertiary/aromatic N) is 2. The van der Waals surface area contributed by atoms with Gasteiger partial charge in [-0.25, -0.2) is 0 Å². The largest absolute Gasteiger partial charge is 0.496 e. The molecule has 2 aromatic rings. The van der Waals surface area contributed by atoms with Gasteiger partial charge in [-0.1, -0.05) is 30.3 Å². The van der Waals surface area contributed by atoms with Gasteiger partial charge in [-0.2, -0.15) is 0 Å². The van der Waals surface area contributed by atoms with Crippen LogP contribution in [0.15, 0.2) is 36.4 Å². The van der Waals surface area contributed by atoms with Crippen molar-refractivity contribution in [2.45, 2.75) is 12.6 Å². The second kappa shape index (κ2) is 6.37. The number of fused-ring (bicyclic) bond motifs is 2. The molecule has 4 rings (SSSR count). The van der Waals surface area contributed by atoms with Gasteiger partial charge >= 0.3 is 11.8 Å². The van der Waals surface area contributed by atoms with Crippen LogP contribution in [0.4, 0.5) is 0 Å². The molecule has 2 aliphatic rings. The lowest BCUT2D eigenvalue weighted by atomic mass is 10.0. The van der Waals surface area contributed by atoms with E-state index in [9.17, 15) is 9.59 Å². The quantitative estimate of drug-likeness (QED) is 0.847. The number of piperazine rings is 2. The van der Waals surface area contributed by atoms with Crippen molar-refractivity contribution in [1.29, 1.82) is 0 Å². The van der Waals surface area contributed by atoms with Gasteiger partial charge in [0.2, 0.25) is 0 Å². The molecular formula is C19H21N3O3. The lowest BCUT2D eigenvalue weighted by Crippen LogP contribution is -2.65. The maximum absolute atomic E-state index is 12.0. The van der Waals surface area contributed by atoms with Crippen molar-refractivity contribution >= 4 is 22.6 Å². The number of carbonyl (C=O) groups is 2. The van der Waals surface area contributed by atoms with E-state index in [1.54, 1.807) is 12.0 Å².